The van der Waals surface area contributed by atoms with E-state index in [1.807, 2.05) is 61.7 Å². The first-order valence-electron chi connectivity index (χ1n) is 11.9. The number of nitrogens with two attached hydrogens (primary N) is 1. The number of hydrogen-bond donors (Lipinski definition) is 4. The number of benzene rings is 2. The summed E-state index contributed by atoms with van der Waals surface area (Å²) in [5, 5.41) is 18.7. The van der Waals surface area contributed by atoms with E-state index in [4.69, 9.17) is 5.73 Å². The minimum absolute atomic E-state index is 0.131. The lowest BCUT2D eigenvalue weighted by Gasteiger charge is -2.13. The molecule has 184 valence electrons. The van der Waals surface area contributed by atoms with E-state index in [0.717, 1.165) is 62.0 Å². The molecule has 5 aromatic rings. The SMILES string of the molecule is CN(C)c1cncc(-c2ccc3[nH]nc(-c4cc5c([nH]4)CC(N)=CC=C5c4cc(O)cc(F)c4)c3c2)c1. The summed E-state index contributed by atoms with van der Waals surface area (Å²) in [6, 6.07) is 14.3. The average molecular weight is 493 g/mol. The lowest BCUT2D eigenvalue weighted by Crippen LogP contribution is -2.08. The van der Waals surface area contributed by atoms with Crippen molar-refractivity contribution in [3.05, 3.63) is 101 Å². The van der Waals surface area contributed by atoms with Gasteiger partial charge in [-0.05, 0) is 59.2 Å². The monoisotopic (exact) mass is 492 g/mol. The fraction of sp³-hybridized carbons (Fsp3) is 0.103. The largest absolute Gasteiger partial charge is 0.508 e. The van der Waals surface area contributed by atoms with Gasteiger partial charge in [0.05, 0.1) is 23.1 Å². The summed E-state index contributed by atoms with van der Waals surface area (Å²) in [6.45, 7) is 0. The minimum Gasteiger partial charge on any atom is -0.508 e. The molecule has 2 aromatic carbocycles. The van der Waals surface area contributed by atoms with Gasteiger partial charge in [-0.1, -0.05) is 12.1 Å². The van der Waals surface area contributed by atoms with Gasteiger partial charge in [-0.3, -0.25) is 10.1 Å². The molecule has 3 aromatic heterocycles. The van der Waals surface area contributed by atoms with Crippen LogP contribution < -0.4 is 10.6 Å². The van der Waals surface area contributed by atoms with Gasteiger partial charge in [0.25, 0.3) is 0 Å². The fourth-order valence-corrected chi connectivity index (χ4v) is 4.76. The molecule has 7 nitrogen and oxygen atoms in total. The van der Waals surface area contributed by atoms with Crippen LogP contribution >= 0.6 is 0 Å². The van der Waals surface area contributed by atoms with Crippen LogP contribution in [0.1, 0.15) is 16.8 Å². The van der Waals surface area contributed by atoms with Crippen molar-refractivity contribution in [2.24, 2.45) is 5.73 Å². The molecule has 37 heavy (non-hydrogen) atoms. The third-order valence-electron chi connectivity index (χ3n) is 6.62. The molecule has 0 bridgehead atoms. The maximum Gasteiger partial charge on any atom is 0.127 e. The van der Waals surface area contributed by atoms with Crippen molar-refractivity contribution in [3.8, 4) is 28.3 Å². The lowest BCUT2D eigenvalue weighted by atomic mass is 9.97. The predicted molar refractivity (Wildman–Crippen MR) is 145 cm³/mol. The van der Waals surface area contributed by atoms with E-state index in [1.54, 1.807) is 6.07 Å². The van der Waals surface area contributed by atoms with Gasteiger partial charge in [-0.25, -0.2) is 4.39 Å². The van der Waals surface area contributed by atoms with Gasteiger partial charge >= 0.3 is 0 Å². The van der Waals surface area contributed by atoms with Crippen molar-refractivity contribution in [1.29, 1.82) is 0 Å². The zero-order valence-corrected chi connectivity index (χ0v) is 20.4. The van der Waals surface area contributed by atoms with Crippen LogP contribution in [0, 0.1) is 5.82 Å². The van der Waals surface area contributed by atoms with Crippen LogP contribution in [0.4, 0.5) is 10.1 Å². The topological polar surface area (TPSA) is 107 Å². The number of pyridine rings is 1. The van der Waals surface area contributed by atoms with Gasteiger partial charge in [-0.15, -0.1) is 0 Å². The van der Waals surface area contributed by atoms with E-state index >= 15 is 0 Å². The summed E-state index contributed by atoms with van der Waals surface area (Å²) >= 11 is 0. The summed E-state index contributed by atoms with van der Waals surface area (Å²) in [5.74, 6) is -0.638. The second kappa shape index (κ2) is 8.67. The molecule has 0 fully saturated rings. The standard InChI is InChI=1S/C29H25FN6O/c1-36(2)21-8-18(14-32-15-21)16-3-6-26-25(10-16)29(35-34-26)28-13-24-23(5-4-20(31)12-27(24)33-28)17-7-19(30)11-22(37)9-17/h3-11,13-15,33,37H,12,31H2,1-2H3,(H,34,35). The van der Waals surface area contributed by atoms with Crippen LogP contribution in [0.2, 0.25) is 0 Å². The minimum atomic E-state index is -0.506. The molecule has 0 spiro atoms. The molecule has 0 saturated carbocycles. The number of nitrogens with zero attached hydrogens (tertiary/aromatic N) is 3. The summed E-state index contributed by atoms with van der Waals surface area (Å²) in [7, 11) is 3.98. The molecule has 0 amide bonds. The normalized spacial score (nSPS) is 13.2. The second-order valence-corrected chi connectivity index (χ2v) is 9.43. The van der Waals surface area contributed by atoms with Crippen molar-refractivity contribution < 1.29 is 9.50 Å². The number of phenolic OH excluding ortho intramolecular Hbond substituents is 1. The zero-order chi connectivity index (χ0) is 25.7. The Morgan fingerprint density at radius 2 is 1.84 bits per heavy atom. The Balaban J connectivity index is 1.46. The number of nitrogens with one attached hydrogen (secondary N) is 2. The second-order valence-electron chi connectivity index (χ2n) is 9.43. The summed E-state index contributed by atoms with van der Waals surface area (Å²) in [6.07, 6.45) is 7.87. The molecular formula is C29H25FN6O. The van der Waals surface area contributed by atoms with Crippen molar-refractivity contribution in [3.63, 3.8) is 0 Å². The van der Waals surface area contributed by atoms with Gasteiger partial charge in [0.2, 0.25) is 0 Å². The van der Waals surface area contributed by atoms with E-state index in [9.17, 15) is 9.50 Å². The molecule has 0 saturated heterocycles. The number of hydrogen-bond acceptors (Lipinski definition) is 5. The maximum absolute atomic E-state index is 14.1. The highest BCUT2D eigenvalue weighted by Crippen LogP contribution is 2.37. The number of anilines is 1. The van der Waals surface area contributed by atoms with Gasteiger partial charge in [0.15, 0.2) is 0 Å². The van der Waals surface area contributed by atoms with Crippen molar-refractivity contribution in [1.82, 2.24) is 20.2 Å². The molecule has 0 unspecified atom stereocenters. The van der Waals surface area contributed by atoms with Gasteiger partial charge < -0.3 is 20.7 Å². The number of allylic oxidation sites excluding steroid dienone is 3. The van der Waals surface area contributed by atoms with Crippen molar-refractivity contribution in [2.75, 3.05) is 19.0 Å². The van der Waals surface area contributed by atoms with E-state index in [2.05, 4.69) is 32.3 Å². The van der Waals surface area contributed by atoms with Crippen LogP contribution in [0.3, 0.4) is 0 Å². The number of aromatic hydroxyl groups is 1. The van der Waals surface area contributed by atoms with Crippen LogP contribution in [0.5, 0.6) is 5.75 Å². The number of halogens is 1. The summed E-state index contributed by atoms with van der Waals surface area (Å²) in [5.41, 5.74) is 15.6. The Kier molecular flexibility index (Phi) is 5.30. The maximum atomic E-state index is 14.1. The lowest BCUT2D eigenvalue weighted by molar-refractivity contribution is 0.469. The Labute approximate surface area is 212 Å². The highest BCUT2D eigenvalue weighted by molar-refractivity contribution is 5.96. The van der Waals surface area contributed by atoms with Crippen molar-refractivity contribution in [2.45, 2.75) is 6.42 Å². The van der Waals surface area contributed by atoms with Crippen LogP contribution in [0.25, 0.3) is 39.0 Å². The molecule has 3 heterocycles. The highest BCUT2D eigenvalue weighted by atomic mass is 19.1. The number of rotatable bonds is 4. The Bertz CT molecular complexity index is 1710. The molecular weight excluding hydrogens is 467 g/mol. The van der Waals surface area contributed by atoms with E-state index in [-0.39, 0.29) is 5.75 Å². The van der Waals surface area contributed by atoms with Crippen LogP contribution in [-0.4, -0.2) is 39.4 Å². The zero-order valence-electron chi connectivity index (χ0n) is 20.4. The third-order valence-corrected chi connectivity index (χ3v) is 6.62. The Morgan fingerprint density at radius 3 is 2.65 bits per heavy atom. The van der Waals surface area contributed by atoms with E-state index in [1.165, 1.54) is 6.07 Å². The Morgan fingerprint density at radius 1 is 0.973 bits per heavy atom. The first-order valence-corrected chi connectivity index (χ1v) is 11.9. The number of aromatic amines is 2. The third kappa shape index (κ3) is 4.12. The van der Waals surface area contributed by atoms with Crippen molar-refractivity contribution >= 4 is 22.2 Å². The highest BCUT2D eigenvalue weighted by Gasteiger charge is 2.20. The molecule has 0 atom stereocenters. The first-order chi connectivity index (χ1) is 17.9. The number of aromatic nitrogens is 4. The molecule has 0 radical (unpaired) electrons. The van der Waals surface area contributed by atoms with E-state index in [0.29, 0.717) is 17.7 Å². The predicted octanol–water partition coefficient (Wildman–Crippen LogP) is 5.36. The first kappa shape index (κ1) is 22.6. The molecule has 1 aliphatic carbocycles. The molecule has 6 rings (SSSR count). The smallest absolute Gasteiger partial charge is 0.127 e. The molecule has 5 N–H and O–H groups in total. The van der Waals surface area contributed by atoms with Crippen LogP contribution in [-0.2, 0) is 6.42 Å². The van der Waals surface area contributed by atoms with Gasteiger partial charge in [0.1, 0.15) is 17.3 Å². The Hall–Kier alpha value is -4.85. The number of H-pyrrole nitrogens is 2. The fourth-order valence-electron chi connectivity index (χ4n) is 4.76. The van der Waals surface area contributed by atoms with Gasteiger partial charge in [-0.2, -0.15) is 5.10 Å². The van der Waals surface area contributed by atoms with E-state index < -0.39 is 5.82 Å². The van der Waals surface area contributed by atoms with Gasteiger partial charge in [0, 0.05) is 60.7 Å². The molecule has 1 aliphatic rings. The summed E-state index contributed by atoms with van der Waals surface area (Å²) < 4.78 is 14.1. The average Bonchev–Trinajstić information content (AvgIpc) is 3.43. The number of fused-ring (bicyclic) bond motifs is 2. The number of phenols is 1. The van der Waals surface area contributed by atoms with Crippen LogP contribution in [0.15, 0.2) is 78.8 Å². The quantitative estimate of drug-likeness (QED) is 0.270. The summed E-state index contributed by atoms with van der Waals surface area (Å²) in [4.78, 5) is 9.91. The molecule has 8 heteroatoms. The molecule has 0 aliphatic heterocycles.